The Morgan fingerprint density at radius 2 is 2.54 bits per heavy atom. The van der Waals surface area contributed by atoms with Gasteiger partial charge in [0, 0.05) is 6.04 Å². The number of hydrogen-bond acceptors (Lipinski definition) is 3. The molecule has 1 unspecified atom stereocenters. The van der Waals surface area contributed by atoms with E-state index in [1.165, 1.54) is 25.7 Å². The molecule has 1 aromatic rings. The molecule has 1 saturated carbocycles. The van der Waals surface area contributed by atoms with Gasteiger partial charge in [-0.2, -0.15) is 0 Å². The van der Waals surface area contributed by atoms with Crippen LogP contribution in [0, 0.1) is 5.92 Å². The van der Waals surface area contributed by atoms with Gasteiger partial charge in [0.1, 0.15) is 5.76 Å². The van der Waals surface area contributed by atoms with Gasteiger partial charge in [0.05, 0.1) is 12.7 Å². The van der Waals surface area contributed by atoms with Gasteiger partial charge in [0.15, 0.2) is 6.39 Å². The molecule has 13 heavy (non-hydrogen) atoms. The van der Waals surface area contributed by atoms with Gasteiger partial charge in [-0.3, -0.25) is 0 Å². The Kier molecular flexibility index (Phi) is 2.64. The summed E-state index contributed by atoms with van der Waals surface area (Å²) in [5.74, 6) is 1.90. The van der Waals surface area contributed by atoms with Gasteiger partial charge in [-0.15, -0.1) is 0 Å². The number of aromatic nitrogens is 1. The Labute approximate surface area is 78.5 Å². The van der Waals surface area contributed by atoms with E-state index in [-0.39, 0.29) is 0 Å². The van der Waals surface area contributed by atoms with Crippen molar-refractivity contribution in [1.29, 1.82) is 0 Å². The molecular formula is C10H16N2O. The average molecular weight is 180 g/mol. The first-order valence-corrected chi connectivity index (χ1v) is 4.95. The third-order valence-corrected chi connectivity index (χ3v) is 2.49. The van der Waals surface area contributed by atoms with E-state index in [2.05, 4.69) is 17.2 Å². The van der Waals surface area contributed by atoms with E-state index in [0.717, 1.165) is 18.2 Å². The van der Waals surface area contributed by atoms with Gasteiger partial charge in [-0.05, 0) is 19.3 Å². The fourth-order valence-corrected chi connectivity index (χ4v) is 1.54. The molecule has 1 aliphatic carbocycles. The largest absolute Gasteiger partial charge is 0.447 e. The smallest absolute Gasteiger partial charge is 0.180 e. The molecule has 3 nitrogen and oxygen atoms in total. The molecule has 72 valence electrons. The normalized spacial score (nSPS) is 18.8. The maximum absolute atomic E-state index is 5.13. The molecule has 0 spiro atoms. The molecule has 0 aromatic carbocycles. The average Bonchev–Trinajstić information content (AvgIpc) is 2.78. The molecule has 0 bridgehead atoms. The molecule has 1 fully saturated rings. The minimum Gasteiger partial charge on any atom is -0.447 e. The maximum atomic E-state index is 5.13. The number of oxazole rings is 1. The summed E-state index contributed by atoms with van der Waals surface area (Å²) in [6.07, 6.45) is 7.39. The van der Waals surface area contributed by atoms with E-state index in [4.69, 9.17) is 4.42 Å². The standard InChI is InChI=1S/C10H16N2O/c1-8(4-9-2-3-9)12-6-10-5-11-7-13-10/h5,7-9,12H,2-4,6H2,1H3. The van der Waals surface area contributed by atoms with Crippen molar-refractivity contribution in [3.63, 3.8) is 0 Å². The van der Waals surface area contributed by atoms with Crippen LogP contribution in [-0.4, -0.2) is 11.0 Å². The minimum atomic E-state index is 0.595. The summed E-state index contributed by atoms with van der Waals surface area (Å²) in [4.78, 5) is 3.87. The van der Waals surface area contributed by atoms with Crippen LogP contribution in [0.5, 0.6) is 0 Å². The molecule has 0 saturated heterocycles. The van der Waals surface area contributed by atoms with Gasteiger partial charge in [0.2, 0.25) is 0 Å². The SMILES string of the molecule is CC(CC1CC1)NCc1cnco1. The van der Waals surface area contributed by atoms with Crippen LogP contribution in [-0.2, 0) is 6.54 Å². The van der Waals surface area contributed by atoms with Gasteiger partial charge >= 0.3 is 0 Å². The fraction of sp³-hybridized carbons (Fsp3) is 0.700. The first kappa shape index (κ1) is 8.75. The highest BCUT2D eigenvalue weighted by atomic mass is 16.3. The summed E-state index contributed by atoms with van der Waals surface area (Å²) in [5.41, 5.74) is 0. The highest BCUT2D eigenvalue weighted by molar-refractivity contribution is 4.88. The first-order chi connectivity index (χ1) is 6.34. The Balaban J connectivity index is 1.66. The van der Waals surface area contributed by atoms with Crippen molar-refractivity contribution in [2.45, 2.75) is 38.8 Å². The van der Waals surface area contributed by atoms with E-state index in [1.54, 1.807) is 6.20 Å². The Morgan fingerprint density at radius 3 is 3.15 bits per heavy atom. The minimum absolute atomic E-state index is 0.595. The second kappa shape index (κ2) is 3.92. The van der Waals surface area contributed by atoms with Crippen LogP contribution in [0.2, 0.25) is 0 Å². The third-order valence-electron chi connectivity index (χ3n) is 2.49. The summed E-state index contributed by atoms with van der Waals surface area (Å²) in [5, 5.41) is 3.42. The summed E-state index contributed by atoms with van der Waals surface area (Å²) in [7, 11) is 0. The lowest BCUT2D eigenvalue weighted by molar-refractivity contribution is 0.432. The Hall–Kier alpha value is -0.830. The Morgan fingerprint density at radius 1 is 1.69 bits per heavy atom. The Bertz CT molecular complexity index is 241. The van der Waals surface area contributed by atoms with Crippen molar-refractivity contribution in [3.8, 4) is 0 Å². The second-order valence-electron chi connectivity index (χ2n) is 3.93. The lowest BCUT2D eigenvalue weighted by atomic mass is 10.1. The number of rotatable bonds is 5. The van der Waals surface area contributed by atoms with E-state index in [1.807, 2.05) is 0 Å². The summed E-state index contributed by atoms with van der Waals surface area (Å²) >= 11 is 0. The second-order valence-corrected chi connectivity index (χ2v) is 3.93. The van der Waals surface area contributed by atoms with Crippen LogP contribution >= 0.6 is 0 Å². The van der Waals surface area contributed by atoms with Crippen molar-refractivity contribution in [3.05, 3.63) is 18.4 Å². The summed E-state index contributed by atoms with van der Waals surface area (Å²) < 4.78 is 5.13. The van der Waals surface area contributed by atoms with Crippen LogP contribution in [0.1, 0.15) is 31.9 Å². The van der Waals surface area contributed by atoms with Gasteiger partial charge in [-0.1, -0.05) is 12.8 Å². The molecule has 0 amide bonds. The number of nitrogens with one attached hydrogen (secondary N) is 1. The monoisotopic (exact) mass is 180 g/mol. The van der Waals surface area contributed by atoms with Crippen LogP contribution in [0.25, 0.3) is 0 Å². The highest BCUT2D eigenvalue weighted by Gasteiger charge is 2.23. The first-order valence-electron chi connectivity index (χ1n) is 4.95. The van der Waals surface area contributed by atoms with Crippen LogP contribution < -0.4 is 5.32 Å². The van der Waals surface area contributed by atoms with Gasteiger partial charge in [-0.25, -0.2) is 4.98 Å². The van der Waals surface area contributed by atoms with Gasteiger partial charge in [0.25, 0.3) is 0 Å². The predicted octanol–water partition coefficient (Wildman–Crippen LogP) is 1.95. The van der Waals surface area contributed by atoms with Crippen molar-refractivity contribution in [2.75, 3.05) is 0 Å². The molecule has 1 N–H and O–H groups in total. The predicted molar refractivity (Wildman–Crippen MR) is 50.1 cm³/mol. The fourth-order valence-electron chi connectivity index (χ4n) is 1.54. The lowest BCUT2D eigenvalue weighted by Gasteiger charge is -2.11. The third kappa shape index (κ3) is 2.84. The van der Waals surface area contributed by atoms with Crippen molar-refractivity contribution >= 4 is 0 Å². The topological polar surface area (TPSA) is 38.1 Å². The molecule has 3 heteroatoms. The van der Waals surface area contributed by atoms with E-state index in [9.17, 15) is 0 Å². The molecule has 2 rings (SSSR count). The van der Waals surface area contributed by atoms with Crippen molar-refractivity contribution in [2.24, 2.45) is 5.92 Å². The zero-order valence-corrected chi connectivity index (χ0v) is 7.99. The van der Waals surface area contributed by atoms with Crippen molar-refractivity contribution < 1.29 is 4.42 Å². The zero-order valence-electron chi connectivity index (χ0n) is 7.99. The zero-order chi connectivity index (χ0) is 9.10. The number of nitrogens with zero attached hydrogens (tertiary/aromatic N) is 1. The van der Waals surface area contributed by atoms with Gasteiger partial charge < -0.3 is 9.73 Å². The van der Waals surface area contributed by atoms with E-state index in [0.29, 0.717) is 6.04 Å². The maximum Gasteiger partial charge on any atom is 0.180 e. The van der Waals surface area contributed by atoms with Crippen LogP contribution in [0.3, 0.4) is 0 Å². The molecule has 1 aliphatic rings. The highest BCUT2D eigenvalue weighted by Crippen LogP contribution is 2.33. The quantitative estimate of drug-likeness (QED) is 0.752. The van der Waals surface area contributed by atoms with Crippen LogP contribution in [0.4, 0.5) is 0 Å². The lowest BCUT2D eigenvalue weighted by Crippen LogP contribution is -2.25. The number of hydrogen-bond donors (Lipinski definition) is 1. The summed E-state index contributed by atoms with van der Waals surface area (Å²) in [6.45, 7) is 3.03. The molecule has 1 aromatic heterocycles. The molecule has 1 atom stereocenters. The van der Waals surface area contributed by atoms with E-state index < -0.39 is 0 Å². The van der Waals surface area contributed by atoms with Crippen molar-refractivity contribution in [1.82, 2.24) is 10.3 Å². The van der Waals surface area contributed by atoms with E-state index >= 15 is 0 Å². The summed E-state index contributed by atoms with van der Waals surface area (Å²) in [6, 6.07) is 0.595. The molecule has 1 heterocycles. The van der Waals surface area contributed by atoms with Crippen LogP contribution in [0.15, 0.2) is 17.0 Å². The molecule has 0 aliphatic heterocycles. The molecule has 0 radical (unpaired) electrons. The molecular weight excluding hydrogens is 164 g/mol.